The second kappa shape index (κ2) is 8.89. The van der Waals surface area contributed by atoms with Crippen LogP contribution in [-0.2, 0) is 13.2 Å². The van der Waals surface area contributed by atoms with E-state index in [4.69, 9.17) is 16.3 Å². The number of nitrogens with one attached hydrogen (secondary N) is 1. The van der Waals surface area contributed by atoms with E-state index in [1.54, 1.807) is 12.1 Å². The summed E-state index contributed by atoms with van der Waals surface area (Å²) in [5, 5.41) is 4.03. The molecule has 0 aliphatic rings. The van der Waals surface area contributed by atoms with E-state index in [0.29, 0.717) is 23.9 Å². The van der Waals surface area contributed by atoms with Gasteiger partial charge >= 0.3 is 0 Å². The van der Waals surface area contributed by atoms with Crippen molar-refractivity contribution >= 4 is 49.1 Å². The smallest absolute Gasteiger partial charge is 0.148 e. The van der Waals surface area contributed by atoms with Crippen molar-refractivity contribution in [2.45, 2.75) is 13.2 Å². The molecule has 0 atom stereocenters. The van der Waals surface area contributed by atoms with Crippen molar-refractivity contribution in [2.75, 3.05) is 5.32 Å². The zero-order valence-electron chi connectivity index (χ0n) is 13.6. The van der Waals surface area contributed by atoms with Crippen LogP contribution in [0.1, 0.15) is 11.1 Å². The zero-order valence-corrected chi connectivity index (χ0v) is 17.5. The van der Waals surface area contributed by atoms with Gasteiger partial charge < -0.3 is 10.1 Å². The van der Waals surface area contributed by atoms with Crippen LogP contribution in [0.3, 0.4) is 0 Å². The number of halogens is 4. The topological polar surface area (TPSA) is 21.3 Å². The Labute approximate surface area is 173 Å². The summed E-state index contributed by atoms with van der Waals surface area (Å²) in [6.45, 7) is 1.01. The van der Waals surface area contributed by atoms with Crippen LogP contribution in [0.25, 0.3) is 0 Å². The standard InChI is InChI=1S/C20H15Br2ClFNO/c21-18-8-14(11-25-17-3-1-2-15(23)10-17)9-19(22)20(18)26-12-13-4-6-16(24)7-5-13/h1-10,25H,11-12H2. The van der Waals surface area contributed by atoms with Crippen molar-refractivity contribution in [1.82, 2.24) is 0 Å². The monoisotopic (exact) mass is 497 g/mol. The van der Waals surface area contributed by atoms with Crippen molar-refractivity contribution in [3.8, 4) is 5.75 Å². The summed E-state index contributed by atoms with van der Waals surface area (Å²) in [6.07, 6.45) is 0. The van der Waals surface area contributed by atoms with Crippen molar-refractivity contribution in [2.24, 2.45) is 0 Å². The Kier molecular flexibility index (Phi) is 6.57. The minimum Gasteiger partial charge on any atom is -0.487 e. The minimum absolute atomic E-state index is 0.257. The highest BCUT2D eigenvalue weighted by atomic mass is 79.9. The van der Waals surface area contributed by atoms with Gasteiger partial charge in [0.15, 0.2) is 0 Å². The van der Waals surface area contributed by atoms with E-state index in [2.05, 4.69) is 37.2 Å². The number of hydrogen-bond donors (Lipinski definition) is 1. The Balaban J connectivity index is 1.66. The Bertz CT molecular complexity index is 880. The largest absolute Gasteiger partial charge is 0.487 e. The highest BCUT2D eigenvalue weighted by molar-refractivity contribution is 9.11. The molecule has 0 bridgehead atoms. The van der Waals surface area contributed by atoms with Crippen LogP contribution < -0.4 is 10.1 Å². The molecule has 0 fully saturated rings. The summed E-state index contributed by atoms with van der Waals surface area (Å²) in [4.78, 5) is 0. The maximum absolute atomic E-state index is 13.0. The molecular formula is C20H15Br2ClFNO. The first-order chi connectivity index (χ1) is 12.5. The summed E-state index contributed by atoms with van der Waals surface area (Å²) in [6, 6.07) is 17.9. The van der Waals surface area contributed by atoms with Crippen molar-refractivity contribution in [3.05, 3.63) is 91.6 Å². The summed E-state index contributed by atoms with van der Waals surface area (Å²) in [5.74, 6) is 0.452. The molecule has 0 spiro atoms. The van der Waals surface area contributed by atoms with E-state index in [0.717, 1.165) is 25.8 Å². The van der Waals surface area contributed by atoms with Crippen LogP contribution in [0.5, 0.6) is 5.75 Å². The van der Waals surface area contributed by atoms with Gasteiger partial charge in [0.25, 0.3) is 0 Å². The Morgan fingerprint density at radius 3 is 2.27 bits per heavy atom. The van der Waals surface area contributed by atoms with Gasteiger partial charge in [-0.15, -0.1) is 0 Å². The first kappa shape index (κ1) is 19.2. The van der Waals surface area contributed by atoms with Crippen molar-refractivity contribution < 1.29 is 9.13 Å². The lowest BCUT2D eigenvalue weighted by atomic mass is 10.2. The van der Waals surface area contributed by atoms with Crippen LogP contribution in [0, 0.1) is 5.82 Å². The molecule has 3 aromatic rings. The number of ether oxygens (including phenoxy) is 1. The molecule has 6 heteroatoms. The van der Waals surface area contributed by atoms with Crippen LogP contribution in [0.15, 0.2) is 69.6 Å². The normalized spacial score (nSPS) is 10.6. The predicted molar refractivity (Wildman–Crippen MR) is 111 cm³/mol. The highest BCUT2D eigenvalue weighted by Gasteiger charge is 2.10. The van der Waals surface area contributed by atoms with Gasteiger partial charge in [-0.2, -0.15) is 0 Å². The third-order valence-electron chi connectivity index (χ3n) is 3.68. The van der Waals surface area contributed by atoms with Crippen LogP contribution in [0.2, 0.25) is 5.02 Å². The molecular weight excluding hydrogens is 484 g/mol. The molecule has 0 amide bonds. The quantitative estimate of drug-likeness (QED) is 0.387. The lowest BCUT2D eigenvalue weighted by Gasteiger charge is -2.13. The van der Waals surface area contributed by atoms with Gasteiger partial charge in [0.05, 0.1) is 8.95 Å². The first-order valence-electron chi connectivity index (χ1n) is 7.86. The highest BCUT2D eigenvalue weighted by Crippen LogP contribution is 2.35. The summed E-state index contributed by atoms with van der Waals surface area (Å²) >= 11 is 13.1. The molecule has 0 heterocycles. The van der Waals surface area contributed by atoms with E-state index < -0.39 is 0 Å². The average Bonchev–Trinajstić information content (AvgIpc) is 2.61. The SMILES string of the molecule is Fc1ccc(COc2c(Br)cc(CNc3cccc(Cl)c3)cc2Br)cc1. The Hall–Kier alpha value is -1.56. The van der Waals surface area contributed by atoms with Crippen LogP contribution in [-0.4, -0.2) is 0 Å². The van der Waals surface area contributed by atoms with E-state index in [9.17, 15) is 4.39 Å². The van der Waals surface area contributed by atoms with Gasteiger partial charge in [-0.1, -0.05) is 29.8 Å². The molecule has 3 aromatic carbocycles. The summed E-state index contributed by atoms with van der Waals surface area (Å²) in [7, 11) is 0. The molecule has 3 rings (SSSR count). The minimum atomic E-state index is -0.257. The predicted octanol–water partition coefficient (Wildman–Crippen LogP) is 7.20. The van der Waals surface area contributed by atoms with E-state index >= 15 is 0 Å². The maximum atomic E-state index is 13.0. The molecule has 2 nitrogen and oxygen atoms in total. The molecule has 0 unspecified atom stereocenters. The lowest BCUT2D eigenvalue weighted by Crippen LogP contribution is -2.01. The number of benzene rings is 3. The zero-order chi connectivity index (χ0) is 18.5. The third kappa shape index (κ3) is 5.22. The van der Waals surface area contributed by atoms with Gasteiger partial charge in [-0.3, -0.25) is 0 Å². The third-order valence-corrected chi connectivity index (χ3v) is 5.09. The fraction of sp³-hybridized carbons (Fsp3) is 0.100. The van der Waals surface area contributed by atoms with Gasteiger partial charge in [0.1, 0.15) is 18.2 Å². The maximum Gasteiger partial charge on any atom is 0.148 e. The van der Waals surface area contributed by atoms with Gasteiger partial charge in [-0.25, -0.2) is 4.39 Å². The molecule has 0 aliphatic heterocycles. The molecule has 0 aliphatic carbocycles. The van der Waals surface area contributed by atoms with Crippen molar-refractivity contribution in [1.29, 1.82) is 0 Å². The second-order valence-corrected chi connectivity index (χ2v) is 7.81. The first-order valence-corrected chi connectivity index (χ1v) is 9.82. The fourth-order valence-corrected chi connectivity index (χ4v) is 4.09. The number of hydrogen-bond acceptors (Lipinski definition) is 2. The van der Waals surface area contributed by atoms with E-state index in [1.165, 1.54) is 12.1 Å². The fourth-order valence-electron chi connectivity index (χ4n) is 2.39. The lowest BCUT2D eigenvalue weighted by molar-refractivity contribution is 0.302. The Morgan fingerprint density at radius 1 is 0.923 bits per heavy atom. The van der Waals surface area contributed by atoms with E-state index in [-0.39, 0.29) is 5.82 Å². The molecule has 0 aromatic heterocycles. The van der Waals surface area contributed by atoms with Gasteiger partial charge in [-0.05, 0) is 85.5 Å². The molecule has 134 valence electrons. The Morgan fingerprint density at radius 2 is 1.62 bits per heavy atom. The molecule has 0 saturated heterocycles. The molecule has 1 N–H and O–H groups in total. The van der Waals surface area contributed by atoms with Gasteiger partial charge in [0, 0.05) is 17.3 Å². The average molecular weight is 500 g/mol. The van der Waals surface area contributed by atoms with Crippen LogP contribution >= 0.6 is 43.5 Å². The molecule has 0 radical (unpaired) electrons. The van der Waals surface area contributed by atoms with Crippen LogP contribution in [0.4, 0.5) is 10.1 Å². The number of rotatable bonds is 6. The number of anilines is 1. The second-order valence-electron chi connectivity index (χ2n) is 5.67. The van der Waals surface area contributed by atoms with E-state index in [1.807, 2.05) is 36.4 Å². The van der Waals surface area contributed by atoms with Gasteiger partial charge in [0.2, 0.25) is 0 Å². The molecule has 26 heavy (non-hydrogen) atoms. The van der Waals surface area contributed by atoms with Crippen molar-refractivity contribution in [3.63, 3.8) is 0 Å². The summed E-state index contributed by atoms with van der Waals surface area (Å²) in [5.41, 5.74) is 2.94. The molecule has 0 saturated carbocycles. The summed E-state index contributed by atoms with van der Waals surface area (Å²) < 4.78 is 20.5.